The summed E-state index contributed by atoms with van der Waals surface area (Å²) in [5.74, 6) is 0. The first-order valence-corrected chi connectivity index (χ1v) is 4.85. The van der Waals surface area contributed by atoms with E-state index in [1.807, 2.05) is 6.07 Å². The van der Waals surface area contributed by atoms with E-state index in [4.69, 9.17) is 11.0 Å². The molecule has 1 aromatic heterocycles. The highest BCUT2D eigenvalue weighted by Crippen LogP contribution is 2.29. The first-order valence-electron chi connectivity index (χ1n) is 4.85. The summed E-state index contributed by atoms with van der Waals surface area (Å²) in [5.41, 5.74) is 5.20. The summed E-state index contributed by atoms with van der Waals surface area (Å²) in [6.07, 6.45) is -3.36. The third-order valence-corrected chi connectivity index (χ3v) is 2.33. The number of hydrogen-bond acceptors (Lipinski definition) is 3. The van der Waals surface area contributed by atoms with E-state index in [9.17, 15) is 13.2 Å². The van der Waals surface area contributed by atoms with Crippen LogP contribution in [0.15, 0.2) is 30.5 Å². The summed E-state index contributed by atoms with van der Waals surface area (Å²) in [5, 5.41) is 12.2. The first-order chi connectivity index (χ1) is 8.43. The monoisotopic (exact) mass is 252 g/mol. The molecule has 0 aliphatic carbocycles. The van der Waals surface area contributed by atoms with Gasteiger partial charge in [-0.3, -0.25) is 0 Å². The molecule has 0 radical (unpaired) electrons. The van der Waals surface area contributed by atoms with Crippen LogP contribution in [0, 0.1) is 11.3 Å². The number of para-hydroxylation sites is 1. The van der Waals surface area contributed by atoms with Crippen LogP contribution < -0.4 is 5.73 Å². The van der Waals surface area contributed by atoms with Crippen LogP contribution in [0.3, 0.4) is 0 Å². The molecule has 2 rings (SSSR count). The summed E-state index contributed by atoms with van der Waals surface area (Å²) in [4.78, 5) is 0. The fraction of sp³-hybridized carbons (Fsp3) is 0.0909. The number of alkyl halides is 3. The van der Waals surface area contributed by atoms with Gasteiger partial charge in [-0.25, -0.2) is 4.68 Å². The number of nitriles is 1. The number of nitrogens with two attached hydrogens (primary N) is 1. The molecule has 0 aliphatic heterocycles. The number of nitrogens with zero attached hydrogens (tertiary/aromatic N) is 3. The standard InChI is InChI=1S/C11H7F3N4/c12-11(13,14)9-4-5-18(17-9)8-3-1-2-7(6-15)10(8)16/h1-5H,16H2. The Kier molecular flexibility index (Phi) is 2.71. The van der Waals surface area contributed by atoms with Gasteiger partial charge in [0.1, 0.15) is 6.07 Å². The van der Waals surface area contributed by atoms with Crippen LogP contribution >= 0.6 is 0 Å². The van der Waals surface area contributed by atoms with Crippen LogP contribution in [-0.2, 0) is 6.18 Å². The Bertz CT molecular complexity index is 622. The van der Waals surface area contributed by atoms with Crippen molar-refractivity contribution in [1.82, 2.24) is 9.78 Å². The second-order valence-corrected chi connectivity index (χ2v) is 3.49. The van der Waals surface area contributed by atoms with Gasteiger partial charge in [0.2, 0.25) is 0 Å². The number of halogens is 3. The molecule has 4 nitrogen and oxygen atoms in total. The van der Waals surface area contributed by atoms with Gasteiger partial charge in [-0.15, -0.1) is 0 Å². The average molecular weight is 252 g/mol. The van der Waals surface area contributed by atoms with Crippen molar-refractivity contribution in [1.29, 1.82) is 5.26 Å². The highest BCUT2D eigenvalue weighted by atomic mass is 19.4. The third-order valence-electron chi connectivity index (χ3n) is 2.33. The molecule has 7 heteroatoms. The van der Waals surface area contributed by atoms with Crippen LogP contribution in [0.2, 0.25) is 0 Å². The van der Waals surface area contributed by atoms with Crippen molar-refractivity contribution in [2.75, 3.05) is 5.73 Å². The Balaban J connectivity index is 2.51. The molecule has 92 valence electrons. The molecule has 2 N–H and O–H groups in total. The maximum atomic E-state index is 12.4. The maximum Gasteiger partial charge on any atom is 0.435 e. The number of benzene rings is 1. The van der Waals surface area contributed by atoms with E-state index in [0.29, 0.717) is 0 Å². The smallest absolute Gasteiger partial charge is 0.396 e. The maximum absolute atomic E-state index is 12.4. The van der Waals surface area contributed by atoms with Crippen LogP contribution in [0.4, 0.5) is 18.9 Å². The molecule has 0 saturated heterocycles. The normalized spacial score (nSPS) is 11.2. The van der Waals surface area contributed by atoms with E-state index in [1.54, 1.807) is 0 Å². The van der Waals surface area contributed by atoms with Crippen molar-refractivity contribution in [3.63, 3.8) is 0 Å². The molecule has 1 aromatic carbocycles. The Morgan fingerprint density at radius 2 is 2.00 bits per heavy atom. The molecule has 0 unspecified atom stereocenters. The summed E-state index contributed by atoms with van der Waals surface area (Å²) < 4.78 is 38.2. The van der Waals surface area contributed by atoms with E-state index in [2.05, 4.69) is 5.10 Å². The van der Waals surface area contributed by atoms with E-state index < -0.39 is 11.9 Å². The van der Waals surface area contributed by atoms with Gasteiger partial charge in [-0.1, -0.05) is 6.07 Å². The average Bonchev–Trinajstić information content (AvgIpc) is 2.78. The molecule has 0 spiro atoms. The molecule has 0 amide bonds. The Labute approximate surface area is 100 Å². The minimum atomic E-state index is -4.51. The number of anilines is 1. The van der Waals surface area contributed by atoms with Crippen molar-refractivity contribution in [3.8, 4) is 11.8 Å². The molecule has 18 heavy (non-hydrogen) atoms. The predicted molar refractivity (Wildman–Crippen MR) is 57.7 cm³/mol. The van der Waals surface area contributed by atoms with Crippen molar-refractivity contribution in [2.24, 2.45) is 0 Å². The zero-order valence-corrected chi connectivity index (χ0v) is 8.94. The molecule has 2 aromatic rings. The molecular formula is C11H7F3N4. The van der Waals surface area contributed by atoms with Crippen molar-refractivity contribution in [3.05, 3.63) is 41.7 Å². The molecule has 0 saturated carbocycles. The molecular weight excluding hydrogens is 245 g/mol. The topological polar surface area (TPSA) is 67.6 Å². The number of hydrogen-bond donors (Lipinski definition) is 1. The van der Waals surface area contributed by atoms with Gasteiger partial charge in [-0.05, 0) is 18.2 Å². The SMILES string of the molecule is N#Cc1cccc(-n2ccc(C(F)(F)F)n2)c1N. The number of nitrogen functional groups attached to an aromatic ring is 1. The minimum Gasteiger partial charge on any atom is -0.396 e. The van der Waals surface area contributed by atoms with Gasteiger partial charge < -0.3 is 5.73 Å². The highest BCUT2D eigenvalue weighted by Gasteiger charge is 2.33. The van der Waals surface area contributed by atoms with Crippen LogP contribution in [-0.4, -0.2) is 9.78 Å². The van der Waals surface area contributed by atoms with Crippen molar-refractivity contribution < 1.29 is 13.2 Å². The molecule has 1 heterocycles. The van der Waals surface area contributed by atoms with E-state index in [0.717, 1.165) is 16.9 Å². The number of rotatable bonds is 1. The van der Waals surface area contributed by atoms with Crippen LogP contribution in [0.1, 0.15) is 11.3 Å². The highest BCUT2D eigenvalue weighted by molar-refractivity contribution is 5.66. The Morgan fingerprint density at radius 1 is 1.28 bits per heavy atom. The second kappa shape index (κ2) is 4.07. The summed E-state index contributed by atoms with van der Waals surface area (Å²) in [7, 11) is 0. The van der Waals surface area contributed by atoms with Crippen LogP contribution in [0.5, 0.6) is 0 Å². The van der Waals surface area contributed by atoms with Gasteiger partial charge in [0.25, 0.3) is 0 Å². The van der Waals surface area contributed by atoms with E-state index in [-0.39, 0.29) is 16.9 Å². The fourth-order valence-corrected chi connectivity index (χ4v) is 1.46. The summed E-state index contributed by atoms with van der Waals surface area (Å²) >= 11 is 0. The number of aromatic nitrogens is 2. The Hall–Kier alpha value is -2.49. The second-order valence-electron chi connectivity index (χ2n) is 3.49. The zero-order valence-electron chi connectivity index (χ0n) is 8.94. The molecule has 0 aliphatic rings. The lowest BCUT2D eigenvalue weighted by Gasteiger charge is -2.07. The molecule has 0 bridgehead atoms. The quantitative estimate of drug-likeness (QED) is 0.792. The lowest BCUT2D eigenvalue weighted by atomic mass is 10.1. The van der Waals surface area contributed by atoms with Crippen molar-refractivity contribution in [2.45, 2.75) is 6.18 Å². The van der Waals surface area contributed by atoms with Crippen molar-refractivity contribution >= 4 is 5.69 Å². The third kappa shape index (κ3) is 2.00. The largest absolute Gasteiger partial charge is 0.435 e. The minimum absolute atomic E-state index is 0.0943. The predicted octanol–water partition coefficient (Wildman–Crippen LogP) is 2.34. The summed E-state index contributed by atoms with van der Waals surface area (Å²) in [6.45, 7) is 0. The first kappa shape index (κ1) is 12.0. The molecule has 0 fully saturated rings. The van der Waals surface area contributed by atoms with Gasteiger partial charge in [0, 0.05) is 6.20 Å². The Morgan fingerprint density at radius 3 is 2.56 bits per heavy atom. The van der Waals surface area contributed by atoms with Gasteiger partial charge in [0.15, 0.2) is 5.69 Å². The molecule has 0 atom stereocenters. The lowest BCUT2D eigenvalue weighted by molar-refractivity contribution is -0.141. The lowest BCUT2D eigenvalue weighted by Crippen LogP contribution is -2.08. The van der Waals surface area contributed by atoms with Gasteiger partial charge >= 0.3 is 6.18 Å². The fourth-order valence-electron chi connectivity index (χ4n) is 1.46. The van der Waals surface area contributed by atoms with E-state index in [1.165, 1.54) is 18.2 Å². The summed E-state index contributed by atoms with van der Waals surface area (Å²) in [6, 6.07) is 7.20. The zero-order chi connectivity index (χ0) is 13.3. The van der Waals surface area contributed by atoms with E-state index >= 15 is 0 Å². The van der Waals surface area contributed by atoms with Gasteiger partial charge in [0.05, 0.1) is 16.9 Å². The van der Waals surface area contributed by atoms with Gasteiger partial charge in [-0.2, -0.15) is 23.5 Å². The van der Waals surface area contributed by atoms with Crippen LogP contribution in [0.25, 0.3) is 5.69 Å².